The van der Waals surface area contributed by atoms with Crippen LogP contribution in [-0.4, -0.2) is 139 Å². The average Bonchev–Trinajstić information content (AvgIpc) is 4.05. The predicted molar refractivity (Wildman–Crippen MR) is 237 cm³/mol. The number of aromatic nitrogens is 7. The number of fused-ring (bicyclic) bond motifs is 2. The summed E-state index contributed by atoms with van der Waals surface area (Å²) in [5, 5.41) is 16.1. The third-order valence-electron chi connectivity index (χ3n) is 11.5. The smallest absolute Gasteiger partial charge is 0.276 e. The Bertz CT molecular complexity index is 2780. The quantitative estimate of drug-likeness (QED) is 0.0872. The Labute approximate surface area is 383 Å². The lowest BCUT2D eigenvalue weighted by atomic mass is 10.0. The lowest BCUT2D eigenvalue weighted by Crippen LogP contribution is -2.54. The van der Waals surface area contributed by atoms with Crippen LogP contribution in [0.15, 0.2) is 85.3 Å². The molecule has 3 aromatic heterocycles. The van der Waals surface area contributed by atoms with Gasteiger partial charge >= 0.3 is 0 Å². The number of hydrogen-bond acceptors (Lipinski definition) is 16. The lowest BCUT2D eigenvalue weighted by molar-refractivity contribution is -0.136. The van der Waals surface area contributed by atoms with Crippen molar-refractivity contribution in [3.63, 3.8) is 0 Å². The highest BCUT2D eigenvalue weighted by molar-refractivity contribution is 6.24. The molecule has 67 heavy (non-hydrogen) atoms. The third-order valence-corrected chi connectivity index (χ3v) is 11.5. The second-order valence-corrected chi connectivity index (χ2v) is 15.9. The summed E-state index contributed by atoms with van der Waals surface area (Å²) in [5.74, 6) is -0.648. The number of nitrogens with zero attached hydrogens (tertiary/aromatic N) is 9. The monoisotopic (exact) mass is 913 g/mol. The van der Waals surface area contributed by atoms with Gasteiger partial charge in [-0.25, -0.2) is 19.3 Å². The van der Waals surface area contributed by atoms with E-state index in [4.69, 9.17) is 34.5 Å². The van der Waals surface area contributed by atoms with Crippen molar-refractivity contribution < 1.29 is 47.7 Å². The number of benzene rings is 3. The number of nitrogen functional groups attached to an aromatic ring is 1. The number of rotatable bonds is 19. The first kappa shape index (κ1) is 44.6. The molecule has 2 fully saturated rings. The van der Waals surface area contributed by atoms with Crippen LogP contribution in [0.1, 0.15) is 62.9 Å². The minimum absolute atomic E-state index is 0.0350. The van der Waals surface area contributed by atoms with Crippen molar-refractivity contribution in [3.8, 4) is 28.5 Å². The van der Waals surface area contributed by atoms with Crippen LogP contribution in [0.3, 0.4) is 0 Å². The van der Waals surface area contributed by atoms with Gasteiger partial charge in [0.05, 0.1) is 74.9 Å². The van der Waals surface area contributed by atoms with Crippen molar-refractivity contribution in [2.45, 2.75) is 44.3 Å². The van der Waals surface area contributed by atoms with Crippen molar-refractivity contribution in [2.75, 3.05) is 65.1 Å². The second kappa shape index (κ2) is 20.3. The Hall–Kier alpha value is -7.62. The number of anilines is 1. The number of piperidine rings is 2. The zero-order valence-electron chi connectivity index (χ0n) is 36.3. The highest BCUT2D eigenvalue weighted by Crippen LogP contribution is 2.36. The van der Waals surface area contributed by atoms with Gasteiger partial charge in [-0.15, -0.1) is 5.10 Å². The topological polar surface area (TPSA) is 250 Å². The fraction of sp³-hybridized carbons (Fsp3) is 0.348. The van der Waals surface area contributed by atoms with Crippen LogP contribution >= 0.6 is 0 Å². The molecule has 0 saturated carbocycles. The molecule has 3 aromatic carbocycles. The lowest BCUT2D eigenvalue weighted by Gasteiger charge is -2.32. The number of nitrogens with two attached hydrogens (primary N) is 1. The van der Waals surface area contributed by atoms with Gasteiger partial charge in [0, 0.05) is 25.1 Å². The summed E-state index contributed by atoms with van der Waals surface area (Å²) in [4.78, 5) is 75.4. The average molecular weight is 914 g/mol. The van der Waals surface area contributed by atoms with Crippen molar-refractivity contribution in [3.05, 3.63) is 102 Å². The number of ether oxygens (including phenoxy) is 5. The van der Waals surface area contributed by atoms with E-state index >= 15 is 0 Å². The van der Waals surface area contributed by atoms with Gasteiger partial charge in [-0.2, -0.15) is 5.10 Å². The number of likely N-dealkylation sites (tertiary alicyclic amines) is 1. The number of imide groups is 2. The molecular formula is C46H47N11O10. The van der Waals surface area contributed by atoms with E-state index in [0.717, 1.165) is 29.1 Å². The highest BCUT2D eigenvalue weighted by Gasteiger charge is 2.46. The van der Waals surface area contributed by atoms with Crippen molar-refractivity contribution in [1.82, 2.24) is 49.9 Å². The van der Waals surface area contributed by atoms with E-state index in [2.05, 4.69) is 25.6 Å². The maximum atomic E-state index is 13.7. The molecule has 3 aliphatic heterocycles. The van der Waals surface area contributed by atoms with Crippen LogP contribution in [-0.2, 0) is 30.3 Å². The number of carbonyl (C=O) groups excluding carboxylic acids is 5. The van der Waals surface area contributed by atoms with E-state index < -0.39 is 29.7 Å². The van der Waals surface area contributed by atoms with Gasteiger partial charge in [0.15, 0.2) is 11.3 Å². The van der Waals surface area contributed by atoms with Crippen LogP contribution in [0.4, 0.5) is 5.82 Å². The summed E-state index contributed by atoms with van der Waals surface area (Å²) < 4.78 is 32.1. The molecule has 9 rings (SSSR count). The van der Waals surface area contributed by atoms with Crippen LogP contribution in [0.2, 0.25) is 0 Å². The van der Waals surface area contributed by atoms with Gasteiger partial charge in [-0.3, -0.25) is 34.2 Å². The van der Waals surface area contributed by atoms with Gasteiger partial charge in [0.1, 0.15) is 47.7 Å². The molecule has 2 unspecified atom stereocenters. The number of nitrogens with one attached hydrogen (secondary N) is 1. The maximum absolute atomic E-state index is 13.7. The van der Waals surface area contributed by atoms with Gasteiger partial charge in [-0.05, 0) is 67.8 Å². The molecule has 0 bridgehead atoms. The standard InChI is InChI=1S/C46H47N11O10/c47-41-39-40(29-11-13-32(14-12-29)67-31-7-2-1-3-8-31)52-57(42(39)49-28-48-41)30-6-5-17-54(26-30)45(61)34-27-55(53-51-34)18-19-63-20-21-64-22-23-65-24-25-66-36-10-4-9-33-38(36)46(62)56(44(33)60)35-15-16-37(58)50-43(35)59/h1-4,7-14,27-28,30,35H,5-6,15-26H2,(H2,47,48,49)(H,50,58,59). The van der Waals surface area contributed by atoms with Crippen LogP contribution in [0, 0.1) is 0 Å². The summed E-state index contributed by atoms with van der Waals surface area (Å²) in [5.41, 5.74) is 8.92. The first-order valence-electron chi connectivity index (χ1n) is 22.0. The van der Waals surface area contributed by atoms with Crippen LogP contribution in [0.25, 0.3) is 22.3 Å². The fourth-order valence-corrected chi connectivity index (χ4v) is 8.28. The van der Waals surface area contributed by atoms with Gasteiger partial charge < -0.3 is 34.3 Å². The first-order chi connectivity index (χ1) is 32.7. The Morgan fingerprint density at radius 2 is 1.55 bits per heavy atom. The van der Waals surface area contributed by atoms with E-state index in [-0.39, 0.29) is 67.2 Å². The summed E-state index contributed by atoms with van der Waals surface area (Å²) in [6, 6.07) is 20.6. The first-order valence-corrected chi connectivity index (χ1v) is 22.0. The zero-order chi connectivity index (χ0) is 46.3. The van der Waals surface area contributed by atoms with Crippen LogP contribution in [0.5, 0.6) is 17.2 Å². The Morgan fingerprint density at radius 1 is 0.806 bits per heavy atom. The molecule has 6 heterocycles. The van der Waals surface area contributed by atoms with E-state index in [1.807, 2.05) is 59.3 Å². The minimum atomic E-state index is -1.06. The molecule has 0 spiro atoms. The predicted octanol–water partition coefficient (Wildman–Crippen LogP) is 3.47. The molecule has 0 aliphatic carbocycles. The Balaban J connectivity index is 0.681. The molecule has 3 aliphatic rings. The fourth-order valence-electron chi connectivity index (χ4n) is 8.28. The molecule has 2 atom stereocenters. The van der Waals surface area contributed by atoms with Gasteiger partial charge in [0.2, 0.25) is 11.8 Å². The molecule has 21 nitrogen and oxygen atoms in total. The Morgan fingerprint density at radius 3 is 2.33 bits per heavy atom. The SMILES string of the molecule is Nc1ncnc2c1c(-c1ccc(Oc3ccccc3)cc1)nn2C1CCCN(C(=O)c2cn(CCOCCOCCOCCOc3cccc4c3C(=O)N(C3CCC(=O)NC3=O)C4=O)nn2)C1. The van der Waals surface area contributed by atoms with Gasteiger partial charge in [0.25, 0.3) is 17.7 Å². The van der Waals surface area contributed by atoms with Crippen molar-refractivity contribution in [2.24, 2.45) is 0 Å². The molecule has 3 N–H and O–H groups in total. The second-order valence-electron chi connectivity index (χ2n) is 15.9. The number of para-hydroxylation sites is 1. The molecule has 346 valence electrons. The van der Waals surface area contributed by atoms with E-state index in [1.54, 1.807) is 27.9 Å². The maximum Gasteiger partial charge on any atom is 0.276 e. The molecular weight excluding hydrogens is 867 g/mol. The molecule has 21 heteroatoms. The van der Waals surface area contributed by atoms with E-state index in [0.29, 0.717) is 74.4 Å². The summed E-state index contributed by atoms with van der Waals surface area (Å²) >= 11 is 0. The minimum Gasteiger partial charge on any atom is -0.490 e. The normalized spacial score (nSPS) is 17.3. The number of hydrogen-bond donors (Lipinski definition) is 2. The number of carbonyl (C=O) groups is 5. The highest BCUT2D eigenvalue weighted by atomic mass is 16.6. The number of amides is 5. The van der Waals surface area contributed by atoms with Gasteiger partial charge in [-0.1, -0.05) is 29.5 Å². The summed E-state index contributed by atoms with van der Waals surface area (Å²) in [7, 11) is 0. The zero-order valence-corrected chi connectivity index (χ0v) is 36.3. The summed E-state index contributed by atoms with van der Waals surface area (Å²) in [6.07, 6.45) is 4.68. The van der Waals surface area contributed by atoms with E-state index in [9.17, 15) is 24.0 Å². The Kier molecular flexibility index (Phi) is 13.5. The molecule has 0 radical (unpaired) electrons. The van der Waals surface area contributed by atoms with Crippen LogP contribution < -0.4 is 20.5 Å². The molecule has 2 saturated heterocycles. The molecule has 5 amide bonds. The summed E-state index contributed by atoms with van der Waals surface area (Å²) in [6.45, 7) is 3.21. The van der Waals surface area contributed by atoms with Crippen molar-refractivity contribution >= 4 is 46.4 Å². The third kappa shape index (κ3) is 9.83. The largest absolute Gasteiger partial charge is 0.490 e. The van der Waals surface area contributed by atoms with E-state index in [1.165, 1.54) is 12.4 Å². The van der Waals surface area contributed by atoms with Crippen molar-refractivity contribution in [1.29, 1.82) is 0 Å². The molecule has 6 aromatic rings.